The second-order valence-electron chi connectivity index (χ2n) is 4.39. The molecule has 6 heteroatoms. The Labute approximate surface area is 124 Å². The predicted molar refractivity (Wildman–Crippen MR) is 78.0 cm³/mol. The van der Waals surface area contributed by atoms with E-state index in [4.69, 9.17) is 14.6 Å². The van der Waals surface area contributed by atoms with Crippen LogP contribution in [0.1, 0.15) is 37.0 Å². The van der Waals surface area contributed by atoms with Gasteiger partial charge in [0.05, 0.1) is 6.61 Å². The molecule has 0 aliphatic heterocycles. The van der Waals surface area contributed by atoms with E-state index in [0.29, 0.717) is 30.2 Å². The van der Waals surface area contributed by atoms with Crippen LogP contribution < -0.4 is 14.8 Å². The summed E-state index contributed by atoms with van der Waals surface area (Å²) in [5.41, 5.74) is 0.456. The van der Waals surface area contributed by atoms with Gasteiger partial charge < -0.3 is 19.9 Å². The molecular formula is C15H21NO5. The molecular weight excluding hydrogens is 274 g/mol. The Hall–Kier alpha value is -2.24. The lowest BCUT2D eigenvalue weighted by Crippen LogP contribution is -2.24. The van der Waals surface area contributed by atoms with Gasteiger partial charge in [-0.1, -0.05) is 13.3 Å². The lowest BCUT2D eigenvalue weighted by atomic mass is 10.2. The fourth-order valence-electron chi connectivity index (χ4n) is 1.66. The van der Waals surface area contributed by atoms with E-state index < -0.39 is 12.6 Å². The van der Waals surface area contributed by atoms with Crippen LogP contribution in [-0.4, -0.2) is 36.7 Å². The van der Waals surface area contributed by atoms with Crippen LogP contribution in [-0.2, 0) is 4.79 Å². The summed E-state index contributed by atoms with van der Waals surface area (Å²) >= 11 is 0. The monoisotopic (exact) mass is 295 g/mol. The molecule has 0 atom stereocenters. The lowest BCUT2D eigenvalue weighted by Gasteiger charge is -2.12. The summed E-state index contributed by atoms with van der Waals surface area (Å²) in [6, 6.07) is 4.69. The lowest BCUT2D eigenvalue weighted by molar-refractivity contribution is -0.139. The molecule has 6 nitrogen and oxygen atoms in total. The van der Waals surface area contributed by atoms with E-state index in [0.717, 1.165) is 12.8 Å². The molecule has 0 bridgehead atoms. The number of hydrogen-bond acceptors (Lipinski definition) is 4. The maximum Gasteiger partial charge on any atom is 0.341 e. The third kappa shape index (κ3) is 5.72. The average Bonchev–Trinajstić information content (AvgIpc) is 2.46. The number of ether oxygens (including phenoxy) is 2. The van der Waals surface area contributed by atoms with Gasteiger partial charge in [-0.2, -0.15) is 0 Å². The van der Waals surface area contributed by atoms with Crippen LogP contribution in [0.4, 0.5) is 0 Å². The quantitative estimate of drug-likeness (QED) is 0.681. The number of amides is 1. The number of carbonyl (C=O) groups excluding carboxylic acids is 1. The molecule has 0 saturated carbocycles. The van der Waals surface area contributed by atoms with E-state index in [1.807, 2.05) is 6.92 Å². The summed E-state index contributed by atoms with van der Waals surface area (Å²) in [6.45, 7) is 4.41. The molecule has 1 aromatic carbocycles. The molecule has 2 N–H and O–H groups in total. The van der Waals surface area contributed by atoms with Crippen LogP contribution in [0.5, 0.6) is 11.5 Å². The van der Waals surface area contributed by atoms with Gasteiger partial charge in [-0.3, -0.25) is 4.79 Å². The van der Waals surface area contributed by atoms with Crippen LogP contribution in [0.3, 0.4) is 0 Å². The van der Waals surface area contributed by atoms with Gasteiger partial charge in [0.25, 0.3) is 5.91 Å². The van der Waals surface area contributed by atoms with Gasteiger partial charge >= 0.3 is 5.97 Å². The second kappa shape index (κ2) is 8.84. The Morgan fingerprint density at radius 1 is 1.19 bits per heavy atom. The number of benzene rings is 1. The highest BCUT2D eigenvalue weighted by molar-refractivity contribution is 5.94. The number of hydrogen-bond donors (Lipinski definition) is 2. The van der Waals surface area contributed by atoms with E-state index in [1.54, 1.807) is 25.1 Å². The Morgan fingerprint density at radius 3 is 2.57 bits per heavy atom. The van der Waals surface area contributed by atoms with Gasteiger partial charge in [0.15, 0.2) is 18.1 Å². The number of carboxylic acid groups (broad SMARTS) is 1. The van der Waals surface area contributed by atoms with Gasteiger partial charge in [-0.05, 0) is 31.5 Å². The standard InChI is InChI=1S/C15H21NO5/c1-3-5-8-16-15(19)11-6-7-12(21-10-14(17)18)13(9-11)20-4-2/h6-7,9H,3-5,8,10H2,1-2H3,(H,16,19)(H,17,18). The predicted octanol–water partition coefficient (Wildman–Crippen LogP) is 2.08. The molecule has 1 aromatic rings. The Bertz CT molecular complexity index is 487. The summed E-state index contributed by atoms with van der Waals surface area (Å²) < 4.78 is 10.5. The minimum Gasteiger partial charge on any atom is -0.490 e. The molecule has 0 saturated heterocycles. The first-order valence-electron chi connectivity index (χ1n) is 6.98. The van der Waals surface area contributed by atoms with Gasteiger partial charge in [0, 0.05) is 12.1 Å². The smallest absolute Gasteiger partial charge is 0.341 e. The van der Waals surface area contributed by atoms with Crippen molar-refractivity contribution >= 4 is 11.9 Å². The van der Waals surface area contributed by atoms with Crippen molar-refractivity contribution in [2.24, 2.45) is 0 Å². The summed E-state index contributed by atoms with van der Waals surface area (Å²) in [5.74, 6) is -0.584. The molecule has 116 valence electrons. The number of rotatable bonds is 9. The van der Waals surface area contributed by atoms with Crippen LogP contribution in [0, 0.1) is 0 Å². The molecule has 0 heterocycles. The van der Waals surface area contributed by atoms with Crippen molar-refractivity contribution in [2.75, 3.05) is 19.8 Å². The molecule has 0 aliphatic rings. The van der Waals surface area contributed by atoms with E-state index in [9.17, 15) is 9.59 Å². The third-order valence-corrected chi connectivity index (χ3v) is 2.67. The van der Waals surface area contributed by atoms with Crippen LogP contribution in [0.25, 0.3) is 0 Å². The van der Waals surface area contributed by atoms with Gasteiger partial charge in [0.2, 0.25) is 0 Å². The van der Waals surface area contributed by atoms with Crippen LogP contribution in [0.15, 0.2) is 18.2 Å². The Balaban J connectivity index is 2.81. The van der Waals surface area contributed by atoms with E-state index >= 15 is 0 Å². The first kappa shape index (κ1) is 16.8. The van der Waals surface area contributed by atoms with Crippen molar-refractivity contribution in [1.29, 1.82) is 0 Å². The summed E-state index contributed by atoms with van der Waals surface area (Å²) in [6.07, 6.45) is 1.93. The minimum absolute atomic E-state index is 0.186. The molecule has 0 spiro atoms. The fourth-order valence-corrected chi connectivity index (χ4v) is 1.66. The highest BCUT2D eigenvalue weighted by Gasteiger charge is 2.12. The van der Waals surface area contributed by atoms with Gasteiger partial charge in [0.1, 0.15) is 0 Å². The summed E-state index contributed by atoms with van der Waals surface area (Å²) in [4.78, 5) is 22.5. The summed E-state index contributed by atoms with van der Waals surface area (Å²) in [5, 5.41) is 11.4. The highest BCUT2D eigenvalue weighted by atomic mass is 16.5. The largest absolute Gasteiger partial charge is 0.490 e. The minimum atomic E-state index is -1.07. The van der Waals surface area contributed by atoms with Crippen molar-refractivity contribution in [2.45, 2.75) is 26.7 Å². The molecule has 1 rings (SSSR count). The maximum absolute atomic E-state index is 12.0. The number of carbonyl (C=O) groups is 2. The second-order valence-corrected chi connectivity index (χ2v) is 4.39. The van der Waals surface area contributed by atoms with E-state index in [-0.39, 0.29) is 5.91 Å². The Morgan fingerprint density at radius 2 is 1.95 bits per heavy atom. The number of carboxylic acids is 1. The van der Waals surface area contributed by atoms with Gasteiger partial charge in [-0.25, -0.2) is 4.79 Å². The number of aliphatic carboxylic acids is 1. The molecule has 0 radical (unpaired) electrons. The number of unbranched alkanes of at least 4 members (excludes halogenated alkanes) is 1. The van der Waals surface area contributed by atoms with E-state index in [2.05, 4.69) is 5.32 Å². The molecule has 21 heavy (non-hydrogen) atoms. The topological polar surface area (TPSA) is 84.9 Å². The Kier molecular flexibility index (Phi) is 7.08. The highest BCUT2D eigenvalue weighted by Crippen LogP contribution is 2.28. The summed E-state index contributed by atoms with van der Waals surface area (Å²) in [7, 11) is 0. The maximum atomic E-state index is 12.0. The average molecular weight is 295 g/mol. The van der Waals surface area contributed by atoms with Crippen molar-refractivity contribution in [3.05, 3.63) is 23.8 Å². The molecule has 0 aromatic heterocycles. The zero-order valence-corrected chi connectivity index (χ0v) is 12.3. The molecule has 0 aliphatic carbocycles. The molecule has 1 amide bonds. The van der Waals surface area contributed by atoms with Crippen molar-refractivity contribution in [1.82, 2.24) is 5.32 Å². The fraction of sp³-hybridized carbons (Fsp3) is 0.467. The zero-order chi connectivity index (χ0) is 15.7. The molecule has 0 fully saturated rings. The normalized spacial score (nSPS) is 10.0. The van der Waals surface area contributed by atoms with Crippen LogP contribution >= 0.6 is 0 Å². The first-order chi connectivity index (χ1) is 10.1. The third-order valence-electron chi connectivity index (χ3n) is 2.67. The molecule has 0 unspecified atom stereocenters. The van der Waals surface area contributed by atoms with Crippen LogP contribution in [0.2, 0.25) is 0 Å². The van der Waals surface area contributed by atoms with Crippen molar-refractivity contribution in [3.63, 3.8) is 0 Å². The van der Waals surface area contributed by atoms with E-state index in [1.165, 1.54) is 0 Å². The number of nitrogens with one attached hydrogen (secondary N) is 1. The zero-order valence-electron chi connectivity index (χ0n) is 12.3. The SMILES string of the molecule is CCCCNC(=O)c1ccc(OCC(=O)O)c(OCC)c1. The first-order valence-corrected chi connectivity index (χ1v) is 6.98. The van der Waals surface area contributed by atoms with Crippen molar-refractivity contribution in [3.8, 4) is 11.5 Å². The van der Waals surface area contributed by atoms with Gasteiger partial charge in [-0.15, -0.1) is 0 Å². The van der Waals surface area contributed by atoms with Crippen molar-refractivity contribution < 1.29 is 24.2 Å².